The zero-order valence-electron chi connectivity index (χ0n) is 16.3. The molecule has 3 aromatic carbocycles. The van der Waals surface area contributed by atoms with E-state index in [4.69, 9.17) is 0 Å². The molecule has 1 aliphatic heterocycles. The van der Waals surface area contributed by atoms with Crippen LogP contribution in [0.15, 0.2) is 71.6 Å². The second-order valence-corrected chi connectivity index (χ2v) is 9.34. The van der Waals surface area contributed by atoms with Crippen molar-refractivity contribution in [3.05, 3.63) is 72.5 Å². The van der Waals surface area contributed by atoms with Crippen LogP contribution in [0, 0.1) is 5.82 Å². The van der Waals surface area contributed by atoms with Gasteiger partial charge in [0.15, 0.2) is 6.54 Å². The van der Waals surface area contributed by atoms with Crippen molar-refractivity contribution in [2.45, 2.75) is 4.90 Å². The van der Waals surface area contributed by atoms with Gasteiger partial charge in [0.05, 0.1) is 31.1 Å². The minimum Gasteiger partial charge on any atom is -0.325 e. The van der Waals surface area contributed by atoms with Crippen LogP contribution in [0.2, 0.25) is 0 Å². The highest BCUT2D eigenvalue weighted by Gasteiger charge is 2.31. The van der Waals surface area contributed by atoms with Crippen molar-refractivity contribution in [1.82, 2.24) is 4.31 Å². The Hall–Kier alpha value is -2.81. The maximum atomic E-state index is 13.2. The third-order valence-corrected chi connectivity index (χ3v) is 7.20. The minimum absolute atomic E-state index is 0.209. The fourth-order valence-electron chi connectivity index (χ4n) is 3.69. The normalized spacial score (nSPS) is 15.9. The average molecular weight is 429 g/mol. The molecule has 156 valence electrons. The molecule has 8 heteroatoms. The van der Waals surface area contributed by atoms with E-state index in [0.717, 1.165) is 15.7 Å². The Morgan fingerprint density at radius 2 is 1.70 bits per heavy atom. The summed E-state index contributed by atoms with van der Waals surface area (Å²) in [5.74, 6) is -0.630. The van der Waals surface area contributed by atoms with Crippen LogP contribution >= 0.6 is 0 Å². The SMILES string of the molecule is O=C(C[NH+]1CCN(S(=O)(=O)c2ccc3ccccc3c2)CC1)Nc1cccc(F)c1. The van der Waals surface area contributed by atoms with Crippen molar-refractivity contribution in [2.75, 3.05) is 38.0 Å². The molecule has 1 fully saturated rings. The molecule has 0 bridgehead atoms. The summed E-state index contributed by atoms with van der Waals surface area (Å²) in [4.78, 5) is 13.5. The molecule has 1 saturated heterocycles. The number of piperazine rings is 1. The number of carbonyl (C=O) groups is 1. The molecule has 0 aromatic heterocycles. The Kier molecular flexibility index (Phi) is 5.80. The quantitative estimate of drug-likeness (QED) is 0.647. The number of quaternary nitrogens is 1. The smallest absolute Gasteiger partial charge is 0.279 e. The van der Waals surface area contributed by atoms with E-state index < -0.39 is 15.8 Å². The second-order valence-electron chi connectivity index (χ2n) is 7.40. The van der Waals surface area contributed by atoms with E-state index in [1.165, 1.54) is 22.5 Å². The Bertz CT molecular complexity index is 1170. The van der Waals surface area contributed by atoms with Crippen molar-refractivity contribution in [3.63, 3.8) is 0 Å². The van der Waals surface area contributed by atoms with Crippen LogP contribution in [-0.2, 0) is 14.8 Å². The van der Waals surface area contributed by atoms with E-state index in [-0.39, 0.29) is 17.3 Å². The topological polar surface area (TPSA) is 70.9 Å². The molecule has 3 aromatic rings. The van der Waals surface area contributed by atoms with E-state index in [1.54, 1.807) is 18.2 Å². The molecule has 0 aliphatic carbocycles. The van der Waals surface area contributed by atoms with Gasteiger partial charge in [0, 0.05) is 5.69 Å². The lowest BCUT2D eigenvalue weighted by atomic mass is 10.1. The van der Waals surface area contributed by atoms with Gasteiger partial charge in [-0.05, 0) is 41.1 Å². The lowest BCUT2D eigenvalue weighted by Crippen LogP contribution is -3.15. The predicted molar refractivity (Wildman–Crippen MR) is 113 cm³/mol. The fourth-order valence-corrected chi connectivity index (χ4v) is 5.17. The molecule has 2 N–H and O–H groups in total. The first-order valence-electron chi connectivity index (χ1n) is 9.80. The number of amides is 1. The molecule has 1 heterocycles. The molecule has 0 saturated carbocycles. The molecule has 0 atom stereocenters. The number of nitrogens with zero attached hydrogens (tertiary/aromatic N) is 1. The standard InChI is InChI=1S/C22H22FN3O3S/c23-19-6-3-7-20(15-19)24-22(27)16-25-10-12-26(13-11-25)30(28,29)21-9-8-17-4-1-2-5-18(17)14-21/h1-9,14-15H,10-13,16H2,(H,24,27)/p+1. The Morgan fingerprint density at radius 3 is 2.43 bits per heavy atom. The number of hydrogen-bond acceptors (Lipinski definition) is 3. The molecule has 6 nitrogen and oxygen atoms in total. The number of fused-ring (bicyclic) bond motifs is 1. The van der Waals surface area contributed by atoms with Crippen LogP contribution in [-0.4, -0.2) is 51.4 Å². The second kappa shape index (κ2) is 8.51. The van der Waals surface area contributed by atoms with Gasteiger partial charge >= 0.3 is 0 Å². The van der Waals surface area contributed by atoms with Crippen molar-refractivity contribution in [2.24, 2.45) is 0 Å². The zero-order chi connectivity index (χ0) is 21.1. The van der Waals surface area contributed by atoms with Crippen LogP contribution in [0.5, 0.6) is 0 Å². The van der Waals surface area contributed by atoms with Gasteiger partial charge in [-0.25, -0.2) is 12.8 Å². The van der Waals surface area contributed by atoms with Gasteiger partial charge in [0.1, 0.15) is 5.82 Å². The van der Waals surface area contributed by atoms with Crippen molar-refractivity contribution in [3.8, 4) is 0 Å². The number of benzene rings is 3. The molecule has 0 radical (unpaired) electrons. The van der Waals surface area contributed by atoms with Gasteiger partial charge in [0.25, 0.3) is 5.91 Å². The van der Waals surface area contributed by atoms with Gasteiger partial charge in [0.2, 0.25) is 10.0 Å². The Balaban J connectivity index is 1.36. The summed E-state index contributed by atoms with van der Waals surface area (Å²) in [5.41, 5.74) is 0.414. The highest BCUT2D eigenvalue weighted by molar-refractivity contribution is 7.89. The first kappa shape index (κ1) is 20.5. The predicted octanol–water partition coefficient (Wildman–Crippen LogP) is 1.51. The Morgan fingerprint density at radius 1 is 0.967 bits per heavy atom. The van der Waals surface area contributed by atoms with Crippen LogP contribution in [0.1, 0.15) is 0 Å². The number of carbonyl (C=O) groups excluding carboxylic acids is 1. The van der Waals surface area contributed by atoms with E-state index in [1.807, 2.05) is 30.3 Å². The summed E-state index contributed by atoms with van der Waals surface area (Å²) in [6.45, 7) is 1.96. The van der Waals surface area contributed by atoms with Crippen LogP contribution in [0.4, 0.5) is 10.1 Å². The van der Waals surface area contributed by atoms with Crippen molar-refractivity contribution in [1.29, 1.82) is 0 Å². The fraction of sp³-hybridized carbons (Fsp3) is 0.227. The minimum atomic E-state index is -3.58. The first-order valence-corrected chi connectivity index (χ1v) is 11.2. The van der Waals surface area contributed by atoms with Gasteiger partial charge in [-0.2, -0.15) is 4.31 Å². The lowest BCUT2D eigenvalue weighted by Gasteiger charge is -2.31. The third-order valence-electron chi connectivity index (χ3n) is 5.31. The lowest BCUT2D eigenvalue weighted by molar-refractivity contribution is -0.895. The zero-order valence-corrected chi connectivity index (χ0v) is 17.2. The maximum Gasteiger partial charge on any atom is 0.279 e. The van der Waals surface area contributed by atoms with Crippen molar-refractivity contribution >= 4 is 32.4 Å². The first-order chi connectivity index (χ1) is 14.4. The monoisotopic (exact) mass is 428 g/mol. The molecular formula is C22H23FN3O3S+. The summed E-state index contributed by atoms with van der Waals surface area (Å²) in [6, 6.07) is 18.6. The molecule has 1 aliphatic rings. The van der Waals surface area contributed by atoms with Gasteiger partial charge < -0.3 is 10.2 Å². The summed E-state index contributed by atoms with van der Waals surface area (Å²) in [7, 11) is -3.58. The summed E-state index contributed by atoms with van der Waals surface area (Å²) in [5, 5.41) is 4.56. The molecular weight excluding hydrogens is 405 g/mol. The number of sulfonamides is 1. The van der Waals surface area contributed by atoms with Crippen LogP contribution in [0.3, 0.4) is 0 Å². The van der Waals surface area contributed by atoms with E-state index >= 15 is 0 Å². The molecule has 1 amide bonds. The van der Waals surface area contributed by atoms with Crippen LogP contribution in [0.25, 0.3) is 10.8 Å². The number of halogens is 1. The van der Waals surface area contributed by atoms with Gasteiger partial charge in [-0.1, -0.05) is 36.4 Å². The number of hydrogen-bond donors (Lipinski definition) is 2. The number of nitrogens with one attached hydrogen (secondary N) is 2. The van der Waals surface area contributed by atoms with Gasteiger partial charge in [-0.15, -0.1) is 0 Å². The summed E-state index contributed by atoms with van der Waals surface area (Å²) < 4.78 is 40.8. The largest absolute Gasteiger partial charge is 0.325 e. The third kappa shape index (κ3) is 4.51. The highest BCUT2D eigenvalue weighted by Crippen LogP contribution is 2.21. The van der Waals surface area contributed by atoms with E-state index in [2.05, 4.69) is 5.32 Å². The average Bonchev–Trinajstić information content (AvgIpc) is 2.73. The van der Waals surface area contributed by atoms with Crippen molar-refractivity contribution < 1.29 is 22.5 Å². The number of rotatable bonds is 5. The summed E-state index contributed by atoms with van der Waals surface area (Å²) >= 11 is 0. The molecule has 0 unspecified atom stereocenters. The number of anilines is 1. The van der Waals surface area contributed by atoms with Crippen LogP contribution < -0.4 is 10.2 Å². The molecule has 4 rings (SSSR count). The highest BCUT2D eigenvalue weighted by atomic mass is 32.2. The Labute approximate surface area is 175 Å². The van der Waals surface area contributed by atoms with E-state index in [0.29, 0.717) is 31.9 Å². The molecule has 30 heavy (non-hydrogen) atoms. The summed E-state index contributed by atoms with van der Waals surface area (Å²) in [6.07, 6.45) is 0. The maximum absolute atomic E-state index is 13.2. The molecule has 0 spiro atoms. The van der Waals surface area contributed by atoms with Gasteiger partial charge in [-0.3, -0.25) is 4.79 Å². The van der Waals surface area contributed by atoms with E-state index in [9.17, 15) is 17.6 Å².